The normalized spacial score (nSPS) is 12.0. The van der Waals surface area contributed by atoms with E-state index in [1.807, 2.05) is 5.32 Å². The highest BCUT2D eigenvalue weighted by molar-refractivity contribution is 5.95. The van der Waals surface area contributed by atoms with Crippen LogP contribution in [0.15, 0.2) is 24.3 Å². The van der Waals surface area contributed by atoms with Crippen LogP contribution in [0.1, 0.15) is 12.0 Å². The molecular weight excluding hydrogens is 282 g/mol. The summed E-state index contributed by atoms with van der Waals surface area (Å²) in [6.07, 6.45) is 1.52. The number of phenols is 2. The fourth-order valence-corrected chi connectivity index (χ4v) is 1.41. The molecule has 0 fully saturated rings. The van der Waals surface area contributed by atoms with E-state index in [4.69, 9.17) is 15.3 Å². The van der Waals surface area contributed by atoms with Gasteiger partial charge in [-0.15, -0.1) is 0 Å². The number of phenolic OH excluding ortho intramolecular Hbond substituents is 2. The summed E-state index contributed by atoms with van der Waals surface area (Å²) >= 11 is 0. The van der Waals surface area contributed by atoms with Crippen LogP contribution < -0.4 is 5.32 Å². The maximum Gasteiger partial charge on any atom is 0.326 e. The Bertz CT molecular complexity index is 594. The predicted octanol–water partition coefficient (Wildman–Crippen LogP) is 0.155. The molecule has 5 N–H and O–H groups in total. The molecule has 21 heavy (non-hydrogen) atoms. The van der Waals surface area contributed by atoms with E-state index in [0.29, 0.717) is 5.56 Å². The van der Waals surface area contributed by atoms with Crippen LogP contribution >= 0.6 is 0 Å². The van der Waals surface area contributed by atoms with Crippen molar-refractivity contribution in [1.29, 1.82) is 0 Å². The number of carbonyl (C=O) groups is 3. The highest BCUT2D eigenvalue weighted by Gasteiger charge is 2.21. The minimum atomic E-state index is -1.53. The fourth-order valence-electron chi connectivity index (χ4n) is 1.41. The number of aliphatic carboxylic acids is 2. The third-order valence-electron chi connectivity index (χ3n) is 2.42. The highest BCUT2D eigenvalue weighted by atomic mass is 16.4. The number of rotatable bonds is 6. The van der Waals surface area contributed by atoms with Gasteiger partial charge in [0, 0.05) is 6.08 Å². The van der Waals surface area contributed by atoms with Gasteiger partial charge in [-0.3, -0.25) is 9.59 Å². The first-order valence-corrected chi connectivity index (χ1v) is 5.74. The average molecular weight is 295 g/mol. The molecule has 8 nitrogen and oxygen atoms in total. The minimum absolute atomic E-state index is 0.316. The molecule has 0 aromatic heterocycles. The number of carboxylic acid groups (broad SMARTS) is 2. The number of hydrogen-bond acceptors (Lipinski definition) is 5. The third kappa shape index (κ3) is 5.23. The molecule has 1 aromatic rings. The topological polar surface area (TPSA) is 144 Å². The van der Waals surface area contributed by atoms with Crippen LogP contribution in [0.5, 0.6) is 11.5 Å². The molecule has 1 atom stereocenters. The third-order valence-corrected chi connectivity index (χ3v) is 2.42. The van der Waals surface area contributed by atoms with Crippen LogP contribution in [0, 0.1) is 0 Å². The van der Waals surface area contributed by atoms with Crippen molar-refractivity contribution in [2.24, 2.45) is 0 Å². The molecule has 0 aliphatic carbocycles. The van der Waals surface area contributed by atoms with E-state index >= 15 is 0 Å². The lowest BCUT2D eigenvalue weighted by Crippen LogP contribution is -2.41. The van der Waals surface area contributed by atoms with Crippen molar-refractivity contribution in [3.63, 3.8) is 0 Å². The van der Waals surface area contributed by atoms with Crippen LogP contribution in [0.4, 0.5) is 0 Å². The second kappa shape index (κ2) is 6.94. The van der Waals surface area contributed by atoms with Crippen molar-refractivity contribution >= 4 is 23.9 Å². The maximum atomic E-state index is 11.5. The Morgan fingerprint density at radius 2 is 1.81 bits per heavy atom. The van der Waals surface area contributed by atoms with E-state index in [2.05, 4.69) is 0 Å². The van der Waals surface area contributed by atoms with Gasteiger partial charge >= 0.3 is 11.9 Å². The zero-order valence-corrected chi connectivity index (χ0v) is 10.7. The van der Waals surface area contributed by atoms with E-state index in [0.717, 1.165) is 6.08 Å². The fraction of sp³-hybridized carbons (Fsp3) is 0.154. The quantitative estimate of drug-likeness (QED) is 0.371. The Hall–Kier alpha value is -3.03. The molecule has 112 valence electrons. The first-order valence-electron chi connectivity index (χ1n) is 5.74. The number of nitrogens with one attached hydrogen (secondary N) is 1. The monoisotopic (exact) mass is 295 g/mol. The molecule has 0 spiro atoms. The summed E-state index contributed by atoms with van der Waals surface area (Å²) in [6, 6.07) is 2.31. The SMILES string of the molecule is O=C(O)C[C@H](NC(=O)/C=C/c1ccc(O)c(O)c1)C(=O)O. The van der Waals surface area contributed by atoms with Crippen molar-refractivity contribution in [1.82, 2.24) is 5.32 Å². The van der Waals surface area contributed by atoms with Crippen LogP contribution in [0.25, 0.3) is 6.08 Å². The summed E-state index contributed by atoms with van der Waals surface area (Å²) in [5, 5.41) is 37.7. The van der Waals surface area contributed by atoms with E-state index in [9.17, 15) is 19.5 Å². The molecule has 8 heteroatoms. The molecule has 1 rings (SSSR count). The predicted molar refractivity (Wildman–Crippen MR) is 70.6 cm³/mol. The van der Waals surface area contributed by atoms with E-state index in [1.165, 1.54) is 24.3 Å². The Morgan fingerprint density at radius 1 is 1.14 bits per heavy atom. The van der Waals surface area contributed by atoms with E-state index in [-0.39, 0.29) is 11.5 Å². The molecule has 0 bridgehead atoms. The largest absolute Gasteiger partial charge is 0.504 e. The van der Waals surface area contributed by atoms with Gasteiger partial charge in [0.15, 0.2) is 11.5 Å². The Balaban J connectivity index is 2.70. The minimum Gasteiger partial charge on any atom is -0.504 e. The lowest BCUT2D eigenvalue weighted by Gasteiger charge is -2.10. The number of hydrogen-bond donors (Lipinski definition) is 5. The maximum absolute atomic E-state index is 11.5. The number of aromatic hydroxyl groups is 2. The average Bonchev–Trinajstić information content (AvgIpc) is 2.38. The molecule has 0 saturated heterocycles. The van der Waals surface area contributed by atoms with Gasteiger partial charge in [0.25, 0.3) is 0 Å². The van der Waals surface area contributed by atoms with Crippen LogP contribution in [-0.2, 0) is 14.4 Å². The summed E-state index contributed by atoms with van der Waals surface area (Å²) < 4.78 is 0. The van der Waals surface area contributed by atoms with Gasteiger partial charge in [0.1, 0.15) is 6.04 Å². The Morgan fingerprint density at radius 3 is 2.33 bits per heavy atom. The first-order chi connectivity index (χ1) is 9.79. The van der Waals surface area contributed by atoms with Crippen LogP contribution in [-0.4, -0.2) is 44.3 Å². The van der Waals surface area contributed by atoms with E-state index < -0.39 is 30.3 Å². The van der Waals surface area contributed by atoms with Crippen molar-refractivity contribution in [3.8, 4) is 11.5 Å². The summed E-state index contributed by atoms with van der Waals surface area (Å²) in [5.41, 5.74) is 0.394. The molecule has 1 amide bonds. The lowest BCUT2D eigenvalue weighted by atomic mass is 10.1. The molecule has 0 aliphatic heterocycles. The Kier molecular flexibility index (Phi) is 5.30. The smallest absolute Gasteiger partial charge is 0.326 e. The summed E-state index contributed by atoms with van der Waals surface area (Å²) in [4.78, 5) is 32.7. The number of amides is 1. The van der Waals surface area contributed by atoms with Gasteiger partial charge in [-0.1, -0.05) is 6.07 Å². The van der Waals surface area contributed by atoms with Crippen molar-refractivity contribution in [2.75, 3.05) is 0 Å². The number of carbonyl (C=O) groups excluding carboxylic acids is 1. The van der Waals surface area contributed by atoms with Gasteiger partial charge in [-0.25, -0.2) is 4.79 Å². The molecule has 0 unspecified atom stereocenters. The van der Waals surface area contributed by atoms with Crippen molar-refractivity contribution < 1.29 is 34.8 Å². The van der Waals surface area contributed by atoms with Gasteiger partial charge in [0.2, 0.25) is 5.91 Å². The molecule has 0 aliphatic rings. The summed E-state index contributed by atoms with van der Waals surface area (Å²) in [6.45, 7) is 0. The molecule has 1 aromatic carbocycles. The second-order valence-corrected chi connectivity index (χ2v) is 4.08. The summed E-state index contributed by atoms with van der Waals surface area (Å²) in [7, 11) is 0. The van der Waals surface area contributed by atoms with Gasteiger partial charge in [-0.05, 0) is 23.8 Å². The van der Waals surface area contributed by atoms with Gasteiger partial charge in [-0.2, -0.15) is 0 Å². The molecule has 0 saturated carbocycles. The number of benzene rings is 1. The molecule has 0 heterocycles. The molecule has 0 radical (unpaired) electrons. The standard InChI is InChI=1S/C13H13NO7/c15-9-3-1-7(5-10(9)16)2-4-11(17)14-8(13(20)21)6-12(18)19/h1-5,8,15-16H,6H2,(H,14,17)(H,18,19)(H,20,21)/b4-2+/t8-/m0/s1. The van der Waals surface area contributed by atoms with E-state index in [1.54, 1.807) is 0 Å². The second-order valence-electron chi connectivity index (χ2n) is 4.08. The van der Waals surface area contributed by atoms with Crippen molar-refractivity contribution in [3.05, 3.63) is 29.8 Å². The van der Waals surface area contributed by atoms with Crippen molar-refractivity contribution in [2.45, 2.75) is 12.5 Å². The van der Waals surface area contributed by atoms with Crippen LogP contribution in [0.3, 0.4) is 0 Å². The highest BCUT2D eigenvalue weighted by Crippen LogP contribution is 2.25. The Labute approximate surface area is 119 Å². The zero-order valence-electron chi connectivity index (χ0n) is 10.7. The van der Waals surface area contributed by atoms with Crippen LogP contribution in [0.2, 0.25) is 0 Å². The lowest BCUT2D eigenvalue weighted by molar-refractivity contribution is -0.146. The first kappa shape index (κ1) is 16.0. The number of carboxylic acids is 2. The zero-order chi connectivity index (χ0) is 16.0. The summed E-state index contributed by atoms with van der Waals surface area (Å²) in [5.74, 6) is -4.29. The van der Waals surface area contributed by atoms with Gasteiger partial charge in [0.05, 0.1) is 6.42 Å². The van der Waals surface area contributed by atoms with Gasteiger partial charge < -0.3 is 25.7 Å². The molecular formula is C13H13NO7.